The lowest BCUT2D eigenvalue weighted by Gasteiger charge is -2.42. The van der Waals surface area contributed by atoms with E-state index in [1.165, 1.54) is 16.8 Å². The zero-order valence-corrected chi connectivity index (χ0v) is 15.2. The fourth-order valence-corrected chi connectivity index (χ4v) is 5.10. The Bertz CT molecular complexity index is 786. The van der Waals surface area contributed by atoms with Crippen molar-refractivity contribution in [3.63, 3.8) is 0 Å². The third-order valence-electron chi connectivity index (χ3n) is 4.75. The van der Waals surface area contributed by atoms with E-state index in [0.29, 0.717) is 31.5 Å². The number of hydrogen-bond acceptors (Lipinski definition) is 5. The largest absolute Gasteiger partial charge is 0.377 e. The lowest BCUT2D eigenvalue weighted by molar-refractivity contribution is -0.0226. The van der Waals surface area contributed by atoms with Crippen LogP contribution in [0.4, 0.5) is 4.79 Å². The molecule has 0 saturated carbocycles. The first-order chi connectivity index (χ1) is 11.6. The Morgan fingerprint density at radius 3 is 2.83 bits per heavy atom. The predicted molar refractivity (Wildman–Crippen MR) is 93.5 cm³/mol. The quantitative estimate of drug-likeness (QED) is 0.673. The molecule has 0 radical (unpaired) electrons. The molecule has 24 heavy (non-hydrogen) atoms. The highest BCUT2D eigenvalue weighted by Gasteiger charge is 2.34. The summed E-state index contributed by atoms with van der Waals surface area (Å²) in [6.45, 7) is 6.59. The van der Waals surface area contributed by atoms with E-state index in [0.717, 1.165) is 16.6 Å². The molecule has 2 amide bonds. The van der Waals surface area contributed by atoms with E-state index < -0.39 is 0 Å². The summed E-state index contributed by atoms with van der Waals surface area (Å²) in [7, 11) is 0. The van der Waals surface area contributed by atoms with Crippen molar-refractivity contribution >= 4 is 39.2 Å². The van der Waals surface area contributed by atoms with Gasteiger partial charge in [0.05, 0.1) is 37.2 Å². The lowest BCUT2D eigenvalue weighted by atomic mass is 10.1. The zero-order valence-electron chi connectivity index (χ0n) is 13.7. The molecule has 2 aliphatic rings. The fraction of sp³-hybridized carbons (Fsp3) is 0.562. The molecule has 8 heteroatoms. The number of carbonyl (C=O) groups excluding carboxylic acids is 1. The normalized spacial score (nSPS) is 24.3. The monoisotopic (exact) mass is 366 g/mol. The summed E-state index contributed by atoms with van der Waals surface area (Å²) in [6.07, 6.45) is 2.29. The highest BCUT2D eigenvalue weighted by molar-refractivity contribution is 7.19. The first-order valence-corrected chi connectivity index (χ1v) is 9.31. The first kappa shape index (κ1) is 16.1. The number of amides is 2. The molecule has 128 valence electrons. The van der Waals surface area contributed by atoms with Gasteiger partial charge in [0.2, 0.25) is 0 Å². The summed E-state index contributed by atoms with van der Waals surface area (Å²) in [4.78, 5) is 27.4. The van der Waals surface area contributed by atoms with E-state index in [2.05, 4.69) is 9.97 Å². The van der Waals surface area contributed by atoms with Crippen molar-refractivity contribution in [2.75, 3.05) is 19.8 Å². The average molecular weight is 367 g/mol. The van der Waals surface area contributed by atoms with Gasteiger partial charge < -0.3 is 14.5 Å². The highest BCUT2D eigenvalue weighted by atomic mass is 35.5. The number of fused-ring (bicyclic) bond motifs is 3. The minimum atomic E-state index is 0.0959. The Morgan fingerprint density at radius 1 is 1.33 bits per heavy atom. The number of rotatable bonds is 0. The van der Waals surface area contributed by atoms with Gasteiger partial charge in [0.25, 0.3) is 0 Å². The number of hydrogen-bond donors (Lipinski definition) is 0. The molecule has 2 unspecified atom stereocenters. The summed E-state index contributed by atoms with van der Waals surface area (Å²) in [6, 6.07) is 0.300. The lowest BCUT2D eigenvalue weighted by Crippen LogP contribution is -2.57. The summed E-state index contributed by atoms with van der Waals surface area (Å²) >= 11 is 7.86. The van der Waals surface area contributed by atoms with E-state index in [1.807, 2.05) is 23.6 Å². The van der Waals surface area contributed by atoms with Crippen LogP contribution in [-0.2, 0) is 17.7 Å². The SMILES string of the molecule is CC1COCC(C)N1C(=O)N1CCc2c(sc3ncnc(Cl)c23)C1. The van der Waals surface area contributed by atoms with Crippen LogP contribution in [0.2, 0.25) is 5.15 Å². The Labute approximate surface area is 149 Å². The maximum Gasteiger partial charge on any atom is 0.320 e. The molecule has 0 aliphatic carbocycles. The smallest absolute Gasteiger partial charge is 0.320 e. The number of nitrogens with zero attached hydrogens (tertiary/aromatic N) is 4. The van der Waals surface area contributed by atoms with Gasteiger partial charge in [-0.15, -0.1) is 11.3 Å². The number of urea groups is 1. The van der Waals surface area contributed by atoms with Crippen LogP contribution in [0.25, 0.3) is 10.2 Å². The Morgan fingerprint density at radius 2 is 2.08 bits per heavy atom. The Kier molecular flexibility index (Phi) is 4.10. The number of ether oxygens (including phenoxy) is 1. The van der Waals surface area contributed by atoms with Crippen LogP contribution in [0.1, 0.15) is 24.3 Å². The molecule has 6 nitrogen and oxygen atoms in total. The van der Waals surface area contributed by atoms with E-state index in [-0.39, 0.29) is 18.1 Å². The van der Waals surface area contributed by atoms with E-state index >= 15 is 0 Å². The topological polar surface area (TPSA) is 58.6 Å². The summed E-state index contributed by atoms with van der Waals surface area (Å²) in [5.41, 5.74) is 1.20. The second-order valence-corrected chi connectivity index (χ2v) is 7.89. The van der Waals surface area contributed by atoms with Crippen LogP contribution < -0.4 is 0 Å². The fourth-order valence-electron chi connectivity index (χ4n) is 3.60. The molecular formula is C16H19ClN4O2S. The molecule has 4 rings (SSSR count). The molecule has 0 N–H and O–H groups in total. The minimum absolute atomic E-state index is 0.0959. The molecule has 2 aliphatic heterocycles. The Balaban J connectivity index is 1.61. The van der Waals surface area contributed by atoms with Crippen molar-refractivity contribution in [1.29, 1.82) is 0 Å². The Hall–Kier alpha value is -1.44. The van der Waals surface area contributed by atoms with Crippen LogP contribution in [0, 0.1) is 0 Å². The van der Waals surface area contributed by atoms with Crippen molar-refractivity contribution in [1.82, 2.24) is 19.8 Å². The van der Waals surface area contributed by atoms with Crippen molar-refractivity contribution < 1.29 is 9.53 Å². The van der Waals surface area contributed by atoms with Gasteiger partial charge >= 0.3 is 6.03 Å². The molecule has 4 heterocycles. The number of halogens is 1. The van der Waals surface area contributed by atoms with Gasteiger partial charge in [0.1, 0.15) is 16.3 Å². The minimum Gasteiger partial charge on any atom is -0.377 e. The highest BCUT2D eigenvalue weighted by Crippen LogP contribution is 2.37. The standard InChI is InChI=1S/C16H19ClN4O2S/c1-9-6-23-7-10(2)21(9)16(22)20-4-3-11-12(5-20)24-15-13(11)14(17)18-8-19-15/h8-10H,3-7H2,1-2H3. The second kappa shape index (κ2) is 6.13. The molecule has 2 aromatic rings. The third-order valence-corrected chi connectivity index (χ3v) is 6.16. The summed E-state index contributed by atoms with van der Waals surface area (Å²) in [5.74, 6) is 0. The predicted octanol–water partition coefficient (Wildman–Crippen LogP) is 2.93. The van der Waals surface area contributed by atoms with Crippen molar-refractivity contribution in [2.45, 2.75) is 38.9 Å². The maximum absolute atomic E-state index is 13.0. The number of thiophene rings is 1. The van der Waals surface area contributed by atoms with Gasteiger partial charge in [-0.05, 0) is 25.8 Å². The zero-order chi connectivity index (χ0) is 16.8. The molecule has 1 fully saturated rings. The third kappa shape index (κ3) is 2.55. The van der Waals surface area contributed by atoms with E-state index in [9.17, 15) is 4.79 Å². The molecular weight excluding hydrogens is 348 g/mol. The molecule has 0 aromatic carbocycles. The number of aromatic nitrogens is 2. The van der Waals surface area contributed by atoms with Crippen LogP contribution in [0.3, 0.4) is 0 Å². The molecule has 2 aromatic heterocycles. The van der Waals surface area contributed by atoms with Gasteiger partial charge in [-0.25, -0.2) is 14.8 Å². The van der Waals surface area contributed by atoms with Crippen LogP contribution >= 0.6 is 22.9 Å². The van der Waals surface area contributed by atoms with Gasteiger partial charge in [-0.1, -0.05) is 11.6 Å². The number of carbonyl (C=O) groups is 1. The molecule has 0 bridgehead atoms. The number of morpholine rings is 1. The van der Waals surface area contributed by atoms with Crippen LogP contribution in [0.5, 0.6) is 0 Å². The first-order valence-electron chi connectivity index (χ1n) is 8.12. The van der Waals surface area contributed by atoms with E-state index in [4.69, 9.17) is 16.3 Å². The molecule has 0 spiro atoms. The van der Waals surface area contributed by atoms with Crippen molar-refractivity contribution in [2.24, 2.45) is 0 Å². The van der Waals surface area contributed by atoms with Gasteiger partial charge in [-0.2, -0.15) is 0 Å². The van der Waals surface area contributed by atoms with E-state index in [1.54, 1.807) is 11.3 Å². The van der Waals surface area contributed by atoms with Crippen molar-refractivity contribution in [3.05, 3.63) is 21.9 Å². The van der Waals surface area contributed by atoms with Crippen LogP contribution in [0.15, 0.2) is 6.33 Å². The molecule has 2 atom stereocenters. The average Bonchev–Trinajstić information content (AvgIpc) is 2.93. The molecule has 1 saturated heterocycles. The second-order valence-electron chi connectivity index (χ2n) is 6.45. The maximum atomic E-state index is 13.0. The van der Waals surface area contributed by atoms with Gasteiger partial charge in [0.15, 0.2) is 0 Å². The summed E-state index contributed by atoms with van der Waals surface area (Å²) in [5, 5.41) is 1.46. The van der Waals surface area contributed by atoms with Gasteiger partial charge in [-0.3, -0.25) is 0 Å². The summed E-state index contributed by atoms with van der Waals surface area (Å²) < 4.78 is 5.53. The van der Waals surface area contributed by atoms with Gasteiger partial charge in [0, 0.05) is 11.4 Å². The van der Waals surface area contributed by atoms with Crippen LogP contribution in [-0.4, -0.2) is 57.6 Å². The van der Waals surface area contributed by atoms with Crippen molar-refractivity contribution in [3.8, 4) is 0 Å².